The molecular weight excluding hydrogens is 168 g/mol. The Labute approximate surface area is 87.7 Å². The second kappa shape index (κ2) is 8.55. The van der Waals surface area contributed by atoms with Crippen molar-refractivity contribution in [2.75, 3.05) is 0 Å². The van der Waals surface area contributed by atoms with E-state index >= 15 is 0 Å². The Morgan fingerprint density at radius 3 is 2.07 bits per heavy atom. The molecule has 0 amide bonds. The average molecular weight is 188 g/mol. The standard InChI is InChI=1S/C14H20/c1-2-4-6-8-10-12-14-13-11-9-7-5-3-1/h1-6,9,11H,7-8,10,12-14H2/b2-1?,5-3?,6-4-,11-9+. The lowest BCUT2D eigenvalue weighted by molar-refractivity contribution is 0.695. The molecular formula is C14H20. The predicted octanol–water partition coefficient (Wildman–Crippen LogP) is 4.57. The molecule has 0 heteroatoms. The van der Waals surface area contributed by atoms with Crippen molar-refractivity contribution < 1.29 is 0 Å². The minimum atomic E-state index is 1.06. The molecule has 1 rings (SSSR count). The van der Waals surface area contributed by atoms with Gasteiger partial charge in [0, 0.05) is 0 Å². The van der Waals surface area contributed by atoms with Crippen LogP contribution < -0.4 is 0 Å². The van der Waals surface area contributed by atoms with Gasteiger partial charge in [0.25, 0.3) is 0 Å². The number of allylic oxidation sites excluding steroid dienone is 8. The van der Waals surface area contributed by atoms with Gasteiger partial charge in [0.15, 0.2) is 0 Å². The summed E-state index contributed by atoms with van der Waals surface area (Å²) in [6.45, 7) is 0. The zero-order chi connectivity index (χ0) is 9.90. The Morgan fingerprint density at radius 1 is 0.500 bits per heavy atom. The van der Waals surface area contributed by atoms with Crippen LogP contribution in [-0.2, 0) is 0 Å². The van der Waals surface area contributed by atoms with Crippen LogP contribution in [0.1, 0.15) is 38.5 Å². The minimum Gasteiger partial charge on any atom is -0.0882 e. The summed E-state index contributed by atoms with van der Waals surface area (Å²) in [6, 6.07) is 0. The third-order valence-electron chi connectivity index (χ3n) is 2.29. The van der Waals surface area contributed by atoms with Crippen molar-refractivity contribution in [2.45, 2.75) is 38.5 Å². The van der Waals surface area contributed by atoms with Gasteiger partial charge in [-0.25, -0.2) is 0 Å². The van der Waals surface area contributed by atoms with Crippen LogP contribution in [0, 0.1) is 0 Å². The number of rotatable bonds is 0. The molecule has 0 radical (unpaired) electrons. The Balaban J connectivity index is 2.36. The zero-order valence-corrected chi connectivity index (χ0v) is 8.86. The third-order valence-corrected chi connectivity index (χ3v) is 2.29. The smallest absolute Gasteiger partial charge is 0.0166 e. The highest BCUT2D eigenvalue weighted by molar-refractivity contribution is 5.11. The maximum Gasteiger partial charge on any atom is -0.0166 e. The molecule has 1 aliphatic rings. The van der Waals surface area contributed by atoms with E-state index in [0.717, 1.165) is 6.42 Å². The van der Waals surface area contributed by atoms with Gasteiger partial charge < -0.3 is 0 Å². The Bertz CT molecular complexity index is 228. The molecule has 0 fully saturated rings. The van der Waals surface area contributed by atoms with E-state index < -0.39 is 0 Å². The SMILES string of the molecule is C1=C/C=C\CCCCC/C=C/CC=C1. The Kier molecular flexibility index (Phi) is 6.74. The van der Waals surface area contributed by atoms with Crippen LogP contribution in [0.15, 0.2) is 48.6 Å². The molecule has 1 aliphatic carbocycles. The summed E-state index contributed by atoms with van der Waals surface area (Å²) in [5, 5.41) is 0. The monoisotopic (exact) mass is 188 g/mol. The molecule has 0 aromatic rings. The van der Waals surface area contributed by atoms with Crippen molar-refractivity contribution in [2.24, 2.45) is 0 Å². The predicted molar refractivity (Wildman–Crippen MR) is 64.3 cm³/mol. The lowest BCUT2D eigenvalue weighted by Crippen LogP contribution is -1.75. The van der Waals surface area contributed by atoms with E-state index in [1.54, 1.807) is 0 Å². The highest BCUT2D eigenvalue weighted by atomic mass is 13.9. The van der Waals surface area contributed by atoms with Gasteiger partial charge in [-0.2, -0.15) is 0 Å². The van der Waals surface area contributed by atoms with Gasteiger partial charge in [-0.15, -0.1) is 0 Å². The Hall–Kier alpha value is -1.04. The topological polar surface area (TPSA) is 0 Å². The molecule has 0 aliphatic heterocycles. The molecule has 0 saturated carbocycles. The van der Waals surface area contributed by atoms with Crippen molar-refractivity contribution in [3.8, 4) is 0 Å². The first-order valence-electron chi connectivity index (χ1n) is 5.63. The normalized spacial score (nSPS) is 24.0. The molecule has 0 N–H and O–H groups in total. The van der Waals surface area contributed by atoms with Crippen LogP contribution in [0.4, 0.5) is 0 Å². The average Bonchev–Trinajstić information content (AvgIpc) is 2.22. The molecule has 0 heterocycles. The van der Waals surface area contributed by atoms with Gasteiger partial charge in [0.2, 0.25) is 0 Å². The van der Waals surface area contributed by atoms with E-state index in [0.29, 0.717) is 0 Å². The van der Waals surface area contributed by atoms with Crippen molar-refractivity contribution >= 4 is 0 Å². The van der Waals surface area contributed by atoms with E-state index in [1.807, 2.05) is 0 Å². The molecule has 0 unspecified atom stereocenters. The van der Waals surface area contributed by atoms with Gasteiger partial charge in [0.1, 0.15) is 0 Å². The van der Waals surface area contributed by atoms with E-state index in [9.17, 15) is 0 Å². The van der Waals surface area contributed by atoms with Crippen LogP contribution in [0.3, 0.4) is 0 Å². The third kappa shape index (κ3) is 6.47. The molecule has 0 nitrogen and oxygen atoms in total. The zero-order valence-electron chi connectivity index (χ0n) is 8.86. The van der Waals surface area contributed by atoms with Crippen LogP contribution in [0.5, 0.6) is 0 Å². The first-order chi connectivity index (χ1) is 7.00. The largest absolute Gasteiger partial charge is 0.0882 e. The fourth-order valence-electron chi connectivity index (χ4n) is 1.45. The van der Waals surface area contributed by atoms with E-state index in [2.05, 4.69) is 48.6 Å². The summed E-state index contributed by atoms with van der Waals surface area (Å²) in [4.78, 5) is 0. The van der Waals surface area contributed by atoms with Gasteiger partial charge >= 0.3 is 0 Å². The quantitative estimate of drug-likeness (QED) is 0.489. The summed E-state index contributed by atoms with van der Waals surface area (Å²) >= 11 is 0. The van der Waals surface area contributed by atoms with Gasteiger partial charge in [0.05, 0.1) is 0 Å². The molecule has 0 atom stereocenters. The molecule has 0 bridgehead atoms. The van der Waals surface area contributed by atoms with Crippen LogP contribution >= 0.6 is 0 Å². The van der Waals surface area contributed by atoms with Crippen molar-refractivity contribution in [3.05, 3.63) is 48.6 Å². The van der Waals surface area contributed by atoms with Crippen LogP contribution in [0.25, 0.3) is 0 Å². The summed E-state index contributed by atoms with van der Waals surface area (Å²) in [5.41, 5.74) is 0. The fourth-order valence-corrected chi connectivity index (χ4v) is 1.45. The number of hydrogen-bond donors (Lipinski definition) is 0. The van der Waals surface area contributed by atoms with E-state index in [4.69, 9.17) is 0 Å². The summed E-state index contributed by atoms with van der Waals surface area (Å²) in [7, 11) is 0. The molecule has 76 valence electrons. The fraction of sp³-hybridized carbons (Fsp3) is 0.429. The molecule has 0 saturated heterocycles. The highest BCUT2D eigenvalue weighted by Crippen LogP contribution is 2.05. The van der Waals surface area contributed by atoms with Gasteiger partial charge in [-0.3, -0.25) is 0 Å². The van der Waals surface area contributed by atoms with Crippen LogP contribution in [0.2, 0.25) is 0 Å². The lowest BCUT2D eigenvalue weighted by Gasteiger charge is -1.95. The van der Waals surface area contributed by atoms with Crippen molar-refractivity contribution in [1.82, 2.24) is 0 Å². The maximum absolute atomic E-state index is 2.30. The number of hydrogen-bond acceptors (Lipinski definition) is 0. The summed E-state index contributed by atoms with van der Waals surface area (Å²) in [6.07, 6.45) is 25.0. The van der Waals surface area contributed by atoms with Crippen molar-refractivity contribution in [1.29, 1.82) is 0 Å². The second-order valence-corrected chi connectivity index (χ2v) is 3.59. The van der Waals surface area contributed by atoms with E-state index in [-0.39, 0.29) is 0 Å². The first-order valence-corrected chi connectivity index (χ1v) is 5.63. The minimum absolute atomic E-state index is 1.06. The van der Waals surface area contributed by atoms with Gasteiger partial charge in [-0.05, 0) is 32.1 Å². The van der Waals surface area contributed by atoms with Crippen LogP contribution in [-0.4, -0.2) is 0 Å². The summed E-state index contributed by atoms with van der Waals surface area (Å²) < 4.78 is 0. The highest BCUT2D eigenvalue weighted by Gasteiger charge is 1.85. The van der Waals surface area contributed by atoms with E-state index in [1.165, 1.54) is 32.1 Å². The molecule has 14 heavy (non-hydrogen) atoms. The first kappa shape index (κ1) is 11.0. The van der Waals surface area contributed by atoms with Gasteiger partial charge in [-0.1, -0.05) is 55.0 Å². The lowest BCUT2D eigenvalue weighted by atomic mass is 10.1. The second-order valence-electron chi connectivity index (χ2n) is 3.59. The summed E-state index contributed by atoms with van der Waals surface area (Å²) in [5.74, 6) is 0. The molecule has 0 aromatic heterocycles. The molecule has 0 aromatic carbocycles. The Morgan fingerprint density at radius 2 is 1.21 bits per heavy atom. The molecule has 0 spiro atoms. The van der Waals surface area contributed by atoms with Crippen molar-refractivity contribution in [3.63, 3.8) is 0 Å². The maximum atomic E-state index is 2.30.